The first kappa shape index (κ1) is 15.9. The van der Waals surface area contributed by atoms with Crippen molar-refractivity contribution in [3.05, 3.63) is 39.9 Å². The average molecular weight is 354 g/mol. The van der Waals surface area contributed by atoms with Crippen LogP contribution in [0.5, 0.6) is 5.75 Å². The van der Waals surface area contributed by atoms with Gasteiger partial charge in [-0.25, -0.2) is 0 Å². The summed E-state index contributed by atoms with van der Waals surface area (Å²) in [5, 5.41) is 4.51. The van der Waals surface area contributed by atoms with Gasteiger partial charge in [-0.15, -0.1) is 0 Å². The normalized spacial score (nSPS) is 12.4. The van der Waals surface area contributed by atoms with E-state index in [0.717, 1.165) is 33.7 Å². The van der Waals surface area contributed by atoms with Crippen LogP contribution in [0.25, 0.3) is 0 Å². The molecular formula is C14H20BrN5O. The Hall–Kier alpha value is -1.44. The minimum Gasteiger partial charge on any atom is -0.495 e. The van der Waals surface area contributed by atoms with E-state index in [2.05, 4.69) is 38.4 Å². The van der Waals surface area contributed by atoms with E-state index in [-0.39, 0.29) is 6.04 Å². The third-order valence-electron chi connectivity index (χ3n) is 3.46. The van der Waals surface area contributed by atoms with Crippen molar-refractivity contribution in [1.82, 2.24) is 20.2 Å². The van der Waals surface area contributed by atoms with Gasteiger partial charge in [0, 0.05) is 24.7 Å². The van der Waals surface area contributed by atoms with Crippen LogP contribution in [0, 0.1) is 6.92 Å². The number of nitrogens with two attached hydrogens (primary N) is 1. The molecular weight excluding hydrogens is 334 g/mol. The Morgan fingerprint density at radius 3 is 2.90 bits per heavy atom. The monoisotopic (exact) mass is 353 g/mol. The van der Waals surface area contributed by atoms with Crippen LogP contribution in [0.3, 0.4) is 0 Å². The third kappa shape index (κ3) is 3.25. The van der Waals surface area contributed by atoms with Crippen LogP contribution in [0.2, 0.25) is 0 Å². The molecule has 7 heteroatoms. The number of aryl methyl sites for hydroxylation is 2. The lowest BCUT2D eigenvalue weighted by Gasteiger charge is -2.19. The first-order chi connectivity index (χ1) is 10.1. The molecule has 0 aliphatic heterocycles. The molecule has 0 aromatic carbocycles. The van der Waals surface area contributed by atoms with E-state index in [1.54, 1.807) is 19.5 Å². The summed E-state index contributed by atoms with van der Waals surface area (Å²) in [6.07, 6.45) is 4.13. The van der Waals surface area contributed by atoms with E-state index >= 15 is 0 Å². The summed E-state index contributed by atoms with van der Waals surface area (Å²) < 4.78 is 8.37. The molecule has 1 atom stereocenters. The number of rotatable bonds is 6. The minimum atomic E-state index is -0.0827. The second-order valence-corrected chi connectivity index (χ2v) is 5.50. The standard InChI is InChI=1S/C14H20BrN5O/c1-4-20-12(14(15)9(2)19-20)7-11(18-16)10-5-6-17-8-13(10)21-3/h5-6,8,11,18H,4,7,16H2,1-3H3. The number of ether oxygens (including phenoxy) is 1. The van der Waals surface area contributed by atoms with E-state index < -0.39 is 0 Å². The van der Waals surface area contributed by atoms with Crippen LogP contribution < -0.4 is 16.0 Å². The zero-order chi connectivity index (χ0) is 15.4. The number of halogens is 1. The highest BCUT2D eigenvalue weighted by Gasteiger charge is 2.20. The van der Waals surface area contributed by atoms with Crippen molar-refractivity contribution < 1.29 is 4.74 Å². The van der Waals surface area contributed by atoms with Gasteiger partial charge in [0.05, 0.1) is 35.2 Å². The number of hydrazine groups is 1. The van der Waals surface area contributed by atoms with Crippen LogP contribution in [0.15, 0.2) is 22.9 Å². The number of hydrogen-bond donors (Lipinski definition) is 2. The first-order valence-electron chi connectivity index (χ1n) is 6.78. The van der Waals surface area contributed by atoms with Gasteiger partial charge in [0.1, 0.15) is 5.75 Å². The molecule has 0 fully saturated rings. The molecule has 0 radical (unpaired) electrons. The molecule has 3 N–H and O–H groups in total. The number of hydrogen-bond acceptors (Lipinski definition) is 5. The van der Waals surface area contributed by atoms with Gasteiger partial charge < -0.3 is 4.74 Å². The molecule has 1 unspecified atom stereocenters. The fraction of sp³-hybridized carbons (Fsp3) is 0.429. The molecule has 2 aromatic rings. The summed E-state index contributed by atoms with van der Waals surface area (Å²) in [7, 11) is 1.63. The Bertz CT molecular complexity index is 613. The van der Waals surface area contributed by atoms with E-state index in [1.165, 1.54) is 0 Å². The van der Waals surface area contributed by atoms with Gasteiger partial charge in [-0.05, 0) is 35.8 Å². The molecule has 114 valence electrons. The highest BCUT2D eigenvalue weighted by molar-refractivity contribution is 9.10. The minimum absolute atomic E-state index is 0.0827. The molecule has 0 saturated heterocycles. The van der Waals surface area contributed by atoms with Crippen molar-refractivity contribution in [1.29, 1.82) is 0 Å². The molecule has 0 aliphatic carbocycles. The van der Waals surface area contributed by atoms with Crippen molar-refractivity contribution in [2.24, 2.45) is 5.84 Å². The molecule has 0 spiro atoms. The molecule has 0 bridgehead atoms. The van der Waals surface area contributed by atoms with E-state index in [4.69, 9.17) is 10.6 Å². The fourth-order valence-corrected chi connectivity index (χ4v) is 2.81. The number of pyridine rings is 1. The summed E-state index contributed by atoms with van der Waals surface area (Å²) in [4.78, 5) is 4.07. The van der Waals surface area contributed by atoms with E-state index in [9.17, 15) is 0 Å². The van der Waals surface area contributed by atoms with Crippen molar-refractivity contribution in [2.75, 3.05) is 7.11 Å². The number of aromatic nitrogens is 3. The maximum atomic E-state index is 5.75. The first-order valence-corrected chi connectivity index (χ1v) is 7.57. The van der Waals surface area contributed by atoms with Gasteiger partial charge in [0.15, 0.2) is 0 Å². The molecule has 0 saturated carbocycles. The van der Waals surface area contributed by atoms with Crippen LogP contribution >= 0.6 is 15.9 Å². The summed E-state index contributed by atoms with van der Waals surface area (Å²) in [5.74, 6) is 6.47. The fourth-order valence-electron chi connectivity index (χ4n) is 2.37. The van der Waals surface area contributed by atoms with Crippen LogP contribution in [-0.4, -0.2) is 21.9 Å². The SMILES string of the molecule is CCn1nc(C)c(Br)c1CC(NN)c1ccncc1OC. The smallest absolute Gasteiger partial charge is 0.141 e. The van der Waals surface area contributed by atoms with Crippen molar-refractivity contribution >= 4 is 15.9 Å². The van der Waals surface area contributed by atoms with Crippen molar-refractivity contribution in [2.45, 2.75) is 32.9 Å². The topological polar surface area (TPSA) is 78.0 Å². The van der Waals surface area contributed by atoms with Gasteiger partial charge >= 0.3 is 0 Å². The summed E-state index contributed by atoms with van der Waals surface area (Å²) in [5.41, 5.74) is 5.92. The lowest BCUT2D eigenvalue weighted by atomic mass is 10.0. The summed E-state index contributed by atoms with van der Waals surface area (Å²) in [6, 6.07) is 1.83. The third-order valence-corrected chi connectivity index (χ3v) is 4.49. The highest BCUT2D eigenvalue weighted by Crippen LogP contribution is 2.29. The van der Waals surface area contributed by atoms with Crippen LogP contribution in [0.1, 0.15) is 29.9 Å². The predicted octanol–water partition coefficient (Wildman–Crippen LogP) is 2.12. The van der Waals surface area contributed by atoms with Crippen LogP contribution in [-0.2, 0) is 13.0 Å². The summed E-state index contributed by atoms with van der Waals surface area (Å²) in [6.45, 7) is 4.87. The maximum absolute atomic E-state index is 5.75. The Morgan fingerprint density at radius 2 is 2.29 bits per heavy atom. The largest absolute Gasteiger partial charge is 0.495 e. The zero-order valence-electron chi connectivity index (χ0n) is 12.4. The number of nitrogens with one attached hydrogen (secondary N) is 1. The molecule has 6 nitrogen and oxygen atoms in total. The summed E-state index contributed by atoms with van der Waals surface area (Å²) >= 11 is 3.61. The molecule has 0 aliphatic rings. The van der Waals surface area contributed by atoms with Crippen molar-refractivity contribution in [3.63, 3.8) is 0 Å². The Labute approximate surface area is 132 Å². The van der Waals surface area contributed by atoms with Gasteiger partial charge in [-0.1, -0.05) is 0 Å². The van der Waals surface area contributed by atoms with Crippen LogP contribution in [0.4, 0.5) is 0 Å². The van der Waals surface area contributed by atoms with Gasteiger partial charge in [-0.3, -0.25) is 20.9 Å². The van der Waals surface area contributed by atoms with Gasteiger partial charge in [0.25, 0.3) is 0 Å². The Morgan fingerprint density at radius 1 is 1.52 bits per heavy atom. The average Bonchev–Trinajstić information content (AvgIpc) is 2.79. The second-order valence-electron chi connectivity index (χ2n) is 4.70. The molecule has 21 heavy (non-hydrogen) atoms. The quantitative estimate of drug-likeness (QED) is 0.614. The number of methoxy groups -OCH3 is 1. The Kier molecular flexibility index (Phi) is 5.33. The van der Waals surface area contributed by atoms with Gasteiger partial charge in [-0.2, -0.15) is 5.10 Å². The molecule has 2 aromatic heterocycles. The lowest BCUT2D eigenvalue weighted by molar-refractivity contribution is 0.395. The maximum Gasteiger partial charge on any atom is 0.141 e. The van der Waals surface area contributed by atoms with E-state index in [0.29, 0.717) is 6.42 Å². The highest BCUT2D eigenvalue weighted by atomic mass is 79.9. The zero-order valence-corrected chi connectivity index (χ0v) is 14.0. The van der Waals surface area contributed by atoms with Crippen molar-refractivity contribution in [3.8, 4) is 5.75 Å². The molecule has 2 rings (SSSR count). The Balaban J connectivity index is 2.36. The molecule has 0 amide bonds. The lowest BCUT2D eigenvalue weighted by Crippen LogP contribution is -2.30. The molecule has 2 heterocycles. The second kappa shape index (κ2) is 7.02. The predicted molar refractivity (Wildman–Crippen MR) is 84.9 cm³/mol. The van der Waals surface area contributed by atoms with E-state index in [1.807, 2.05) is 17.7 Å². The number of nitrogens with zero attached hydrogens (tertiary/aromatic N) is 3. The van der Waals surface area contributed by atoms with Gasteiger partial charge in [0.2, 0.25) is 0 Å².